The van der Waals surface area contributed by atoms with Gasteiger partial charge in [0.15, 0.2) is 0 Å². The molecule has 3 rings (SSSR count). The summed E-state index contributed by atoms with van der Waals surface area (Å²) in [5, 5.41) is 0. The van der Waals surface area contributed by atoms with Crippen LogP contribution >= 0.6 is 0 Å². The number of hydrogen-bond donors (Lipinski definition) is 0. The highest BCUT2D eigenvalue weighted by molar-refractivity contribution is 5.78. The van der Waals surface area contributed by atoms with E-state index < -0.39 is 0 Å². The van der Waals surface area contributed by atoms with Crippen molar-refractivity contribution < 1.29 is 9.53 Å². The fraction of sp³-hybridized carbons (Fsp3) is 0.316. The topological polar surface area (TPSA) is 29.5 Å². The molecule has 1 heterocycles. The molecule has 0 saturated carbocycles. The van der Waals surface area contributed by atoms with Gasteiger partial charge in [-0.15, -0.1) is 0 Å². The van der Waals surface area contributed by atoms with Crippen molar-refractivity contribution in [2.75, 3.05) is 0 Å². The third kappa shape index (κ3) is 2.90. The lowest BCUT2D eigenvalue weighted by molar-refractivity contribution is -0.172. The number of morpholine rings is 1. The molecular formula is C19H21NO2. The van der Waals surface area contributed by atoms with Gasteiger partial charge < -0.3 is 4.74 Å². The standard InChI is InChI=1S/C19H21NO2/c1-14-15(2)22-19(21)18(17-11-7-4-8-12-17)20(14)13-16-9-5-3-6-10-16/h3-12,14-15,18H,13H2,1-2H3/t14-,15+,18-/m0/s1. The molecule has 1 fully saturated rings. The first kappa shape index (κ1) is 14.8. The van der Waals surface area contributed by atoms with Crippen LogP contribution in [0.4, 0.5) is 0 Å². The van der Waals surface area contributed by atoms with Gasteiger partial charge in [0.25, 0.3) is 0 Å². The minimum Gasteiger partial charge on any atom is -0.460 e. The second-order valence-corrected chi connectivity index (χ2v) is 5.85. The molecule has 0 aliphatic carbocycles. The van der Waals surface area contributed by atoms with Crippen LogP contribution in [0.15, 0.2) is 60.7 Å². The lowest BCUT2D eigenvalue weighted by Crippen LogP contribution is -2.52. The van der Waals surface area contributed by atoms with E-state index >= 15 is 0 Å². The van der Waals surface area contributed by atoms with Gasteiger partial charge in [0.1, 0.15) is 12.1 Å². The van der Waals surface area contributed by atoms with Crippen LogP contribution in [0.1, 0.15) is 31.0 Å². The summed E-state index contributed by atoms with van der Waals surface area (Å²) in [6.45, 7) is 4.82. The smallest absolute Gasteiger partial charge is 0.328 e. The molecular weight excluding hydrogens is 274 g/mol. The number of carbonyl (C=O) groups excluding carboxylic acids is 1. The summed E-state index contributed by atoms with van der Waals surface area (Å²) in [4.78, 5) is 14.7. The maximum absolute atomic E-state index is 12.5. The Morgan fingerprint density at radius 3 is 2.18 bits per heavy atom. The van der Waals surface area contributed by atoms with Gasteiger partial charge in [0, 0.05) is 12.6 Å². The van der Waals surface area contributed by atoms with Crippen LogP contribution in [0.2, 0.25) is 0 Å². The van der Waals surface area contributed by atoms with E-state index in [1.165, 1.54) is 5.56 Å². The molecule has 0 radical (unpaired) electrons. The summed E-state index contributed by atoms with van der Waals surface area (Å²) in [5.74, 6) is -0.160. The van der Waals surface area contributed by atoms with E-state index in [0.717, 1.165) is 12.1 Å². The lowest BCUT2D eigenvalue weighted by atomic mass is 9.98. The molecule has 114 valence electrons. The second-order valence-electron chi connectivity index (χ2n) is 5.85. The molecule has 3 heteroatoms. The predicted octanol–water partition coefficient (Wildman–Crippen LogP) is 3.56. The van der Waals surface area contributed by atoms with Crippen molar-refractivity contribution in [3.05, 3.63) is 71.8 Å². The molecule has 0 bridgehead atoms. The van der Waals surface area contributed by atoms with E-state index in [2.05, 4.69) is 24.0 Å². The fourth-order valence-electron chi connectivity index (χ4n) is 2.98. The summed E-state index contributed by atoms with van der Waals surface area (Å²) in [6, 6.07) is 20.0. The number of benzene rings is 2. The normalized spacial score (nSPS) is 25.7. The number of nitrogens with zero attached hydrogens (tertiary/aromatic N) is 1. The molecule has 3 atom stereocenters. The fourth-order valence-corrected chi connectivity index (χ4v) is 2.98. The molecule has 0 amide bonds. The van der Waals surface area contributed by atoms with E-state index in [1.807, 2.05) is 55.5 Å². The maximum Gasteiger partial charge on any atom is 0.328 e. The summed E-state index contributed by atoms with van der Waals surface area (Å²) >= 11 is 0. The molecule has 0 N–H and O–H groups in total. The number of cyclic esters (lactones) is 1. The highest BCUT2D eigenvalue weighted by Crippen LogP contribution is 2.32. The predicted molar refractivity (Wildman–Crippen MR) is 86.2 cm³/mol. The average Bonchev–Trinajstić information content (AvgIpc) is 2.54. The quantitative estimate of drug-likeness (QED) is 0.811. The van der Waals surface area contributed by atoms with E-state index in [9.17, 15) is 4.79 Å². The molecule has 2 aromatic rings. The Labute approximate surface area is 131 Å². The van der Waals surface area contributed by atoms with Gasteiger partial charge in [-0.05, 0) is 25.0 Å². The number of ether oxygens (including phenoxy) is 1. The monoisotopic (exact) mass is 295 g/mol. The van der Waals surface area contributed by atoms with Crippen LogP contribution in [0, 0.1) is 0 Å². The highest BCUT2D eigenvalue weighted by atomic mass is 16.5. The SMILES string of the molecule is C[C@H]1OC(=O)[C@H](c2ccccc2)N(Cc2ccccc2)[C@H]1C. The summed E-state index contributed by atoms with van der Waals surface area (Å²) in [7, 11) is 0. The molecule has 22 heavy (non-hydrogen) atoms. The molecule has 0 aromatic heterocycles. The zero-order valence-electron chi connectivity index (χ0n) is 13.0. The zero-order valence-corrected chi connectivity index (χ0v) is 13.0. The van der Waals surface area contributed by atoms with Crippen molar-refractivity contribution in [3.8, 4) is 0 Å². The molecule has 3 nitrogen and oxygen atoms in total. The van der Waals surface area contributed by atoms with E-state index in [0.29, 0.717) is 0 Å². The third-order valence-corrected chi connectivity index (χ3v) is 4.38. The molecule has 1 aliphatic heterocycles. The van der Waals surface area contributed by atoms with E-state index in [1.54, 1.807) is 0 Å². The number of hydrogen-bond acceptors (Lipinski definition) is 3. The van der Waals surface area contributed by atoms with Crippen molar-refractivity contribution in [3.63, 3.8) is 0 Å². The largest absolute Gasteiger partial charge is 0.460 e. The molecule has 0 unspecified atom stereocenters. The van der Waals surface area contributed by atoms with Gasteiger partial charge in [0.05, 0.1) is 0 Å². The van der Waals surface area contributed by atoms with Crippen LogP contribution in [0.5, 0.6) is 0 Å². The first-order chi connectivity index (χ1) is 10.7. The van der Waals surface area contributed by atoms with E-state index in [4.69, 9.17) is 4.74 Å². The Kier molecular flexibility index (Phi) is 4.25. The number of carbonyl (C=O) groups is 1. The Morgan fingerprint density at radius 2 is 1.55 bits per heavy atom. The van der Waals surface area contributed by atoms with Crippen molar-refractivity contribution in [2.45, 2.75) is 38.6 Å². The Balaban J connectivity index is 1.94. The lowest BCUT2D eigenvalue weighted by Gasteiger charge is -2.42. The van der Waals surface area contributed by atoms with Crippen LogP contribution in [-0.4, -0.2) is 23.0 Å². The van der Waals surface area contributed by atoms with Gasteiger partial charge in [-0.3, -0.25) is 4.90 Å². The van der Waals surface area contributed by atoms with Crippen LogP contribution in [0.3, 0.4) is 0 Å². The molecule has 2 aromatic carbocycles. The molecule has 0 spiro atoms. The van der Waals surface area contributed by atoms with E-state index in [-0.39, 0.29) is 24.2 Å². The Morgan fingerprint density at radius 1 is 0.955 bits per heavy atom. The molecule has 1 saturated heterocycles. The second kappa shape index (κ2) is 6.32. The number of rotatable bonds is 3. The molecule has 1 aliphatic rings. The average molecular weight is 295 g/mol. The van der Waals surface area contributed by atoms with Gasteiger partial charge in [0.2, 0.25) is 0 Å². The number of esters is 1. The minimum absolute atomic E-state index is 0.101. The summed E-state index contributed by atoms with van der Waals surface area (Å²) in [5.41, 5.74) is 2.19. The van der Waals surface area contributed by atoms with Crippen LogP contribution in [-0.2, 0) is 16.1 Å². The first-order valence-corrected chi connectivity index (χ1v) is 7.72. The van der Waals surface area contributed by atoms with Crippen molar-refractivity contribution in [1.82, 2.24) is 4.90 Å². The Hall–Kier alpha value is -2.13. The third-order valence-electron chi connectivity index (χ3n) is 4.38. The summed E-state index contributed by atoms with van der Waals surface area (Å²) in [6.07, 6.45) is -0.101. The van der Waals surface area contributed by atoms with Gasteiger partial charge in [-0.2, -0.15) is 0 Å². The maximum atomic E-state index is 12.5. The van der Waals surface area contributed by atoms with Gasteiger partial charge >= 0.3 is 5.97 Å². The van der Waals surface area contributed by atoms with Crippen LogP contribution in [0.25, 0.3) is 0 Å². The summed E-state index contributed by atoms with van der Waals surface area (Å²) < 4.78 is 5.55. The Bertz CT molecular complexity index is 626. The van der Waals surface area contributed by atoms with Crippen LogP contribution < -0.4 is 0 Å². The van der Waals surface area contributed by atoms with Gasteiger partial charge in [-0.25, -0.2) is 4.79 Å². The van der Waals surface area contributed by atoms with Crippen molar-refractivity contribution in [2.24, 2.45) is 0 Å². The van der Waals surface area contributed by atoms with Crippen molar-refractivity contribution >= 4 is 5.97 Å². The van der Waals surface area contributed by atoms with Gasteiger partial charge in [-0.1, -0.05) is 60.7 Å². The minimum atomic E-state index is -0.340. The zero-order chi connectivity index (χ0) is 15.5. The first-order valence-electron chi connectivity index (χ1n) is 7.72. The highest BCUT2D eigenvalue weighted by Gasteiger charge is 2.40. The van der Waals surface area contributed by atoms with Crippen molar-refractivity contribution in [1.29, 1.82) is 0 Å².